The summed E-state index contributed by atoms with van der Waals surface area (Å²) in [6.07, 6.45) is 8.53. The summed E-state index contributed by atoms with van der Waals surface area (Å²) in [4.78, 5) is 27.4. The Morgan fingerprint density at radius 1 is 1.34 bits per heavy atom. The van der Waals surface area contributed by atoms with Crippen molar-refractivity contribution >= 4 is 51.9 Å². The highest BCUT2D eigenvalue weighted by Crippen LogP contribution is 2.43. The number of allylic oxidation sites excluding steroid dienone is 3. The SMILES string of the molecule is CC/C=C1\C(=N/COc2nc(Cl)ncc2COC(C)(C)C)C=Cc2sc3c(c21)NC[C@@H](C)NC3=O. The summed E-state index contributed by atoms with van der Waals surface area (Å²) in [5, 5.41) is 6.59. The van der Waals surface area contributed by atoms with Crippen LogP contribution >= 0.6 is 22.9 Å². The minimum absolute atomic E-state index is 0.0448. The Hall–Kier alpha value is -2.75. The number of anilines is 1. The monoisotopic (exact) mass is 515 g/mol. The molecule has 0 bridgehead atoms. The fraction of sp³-hybridized carbons (Fsp3) is 0.440. The Labute approximate surface area is 214 Å². The minimum Gasteiger partial charge on any atom is -0.454 e. The lowest BCUT2D eigenvalue weighted by atomic mass is 9.93. The Bertz CT molecular complexity index is 1210. The van der Waals surface area contributed by atoms with E-state index in [0.29, 0.717) is 29.5 Å². The van der Waals surface area contributed by atoms with Gasteiger partial charge < -0.3 is 20.1 Å². The maximum atomic E-state index is 12.7. The smallest absolute Gasteiger partial charge is 0.263 e. The number of hydrogen-bond acceptors (Lipinski definition) is 8. The number of nitrogens with zero attached hydrogens (tertiary/aromatic N) is 3. The second kappa shape index (κ2) is 10.5. The number of rotatable bonds is 6. The molecule has 2 aliphatic rings. The van der Waals surface area contributed by atoms with Crippen molar-refractivity contribution in [2.75, 3.05) is 18.6 Å². The van der Waals surface area contributed by atoms with Crippen LogP contribution in [0.25, 0.3) is 11.6 Å². The van der Waals surface area contributed by atoms with Gasteiger partial charge in [-0.15, -0.1) is 11.3 Å². The molecule has 0 saturated heterocycles. The van der Waals surface area contributed by atoms with Gasteiger partial charge in [0.25, 0.3) is 5.91 Å². The highest BCUT2D eigenvalue weighted by molar-refractivity contribution is 7.16. The Balaban J connectivity index is 1.58. The second-order valence-electron chi connectivity index (χ2n) is 9.35. The van der Waals surface area contributed by atoms with Crippen molar-refractivity contribution in [1.82, 2.24) is 15.3 Å². The highest BCUT2D eigenvalue weighted by Gasteiger charge is 2.30. The zero-order valence-electron chi connectivity index (χ0n) is 20.6. The first-order chi connectivity index (χ1) is 16.7. The van der Waals surface area contributed by atoms with Gasteiger partial charge >= 0.3 is 0 Å². The van der Waals surface area contributed by atoms with E-state index in [-0.39, 0.29) is 29.6 Å². The van der Waals surface area contributed by atoms with Crippen LogP contribution in [0, 0.1) is 0 Å². The number of carbonyl (C=O) groups excluding carboxylic acids is 1. The average Bonchev–Trinajstić information content (AvgIpc) is 3.10. The molecule has 0 radical (unpaired) electrons. The third-order valence-electron chi connectivity index (χ3n) is 5.34. The number of nitrogens with one attached hydrogen (secondary N) is 2. The number of hydrogen-bond donors (Lipinski definition) is 2. The molecule has 0 fully saturated rings. The predicted molar refractivity (Wildman–Crippen MR) is 142 cm³/mol. The van der Waals surface area contributed by atoms with Crippen molar-refractivity contribution in [2.45, 2.75) is 59.3 Å². The summed E-state index contributed by atoms with van der Waals surface area (Å²) in [6.45, 7) is 11.0. The molecule has 0 aromatic carbocycles. The lowest BCUT2D eigenvalue weighted by Gasteiger charge is -2.20. The van der Waals surface area contributed by atoms with E-state index in [9.17, 15) is 4.79 Å². The van der Waals surface area contributed by atoms with Crippen LogP contribution in [-0.2, 0) is 11.3 Å². The van der Waals surface area contributed by atoms with E-state index in [2.05, 4.69) is 33.6 Å². The summed E-state index contributed by atoms with van der Waals surface area (Å²) in [7, 11) is 0. The van der Waals surface area contributed by atoms with Gasteiger partial charge in [-0.25, -0.2) is 9.98 Å². The number of halogens is 1. The van der Waals surface area contributed by atoms with Crippen LogP contribution in [0.5, 0.6) is 5.88 Å². The van der Waals surface area contributed by atoms with Gasteiger partial charge in [0.05, 0.1) is 29.2 Å². The van der Waals surface area contributed by atoms with Crippen LogP contribution in [0.4, 0.5) is 5.69 Å². The number of carbonyl (C=O) groups is 1. The van der Waals surface area contributed by atoms with Crippen LogP contribution < -0.4 is 15.4 Å². The van der Waals surface area contributed by atoms with Gasteiger partial charge in [0.15, 0.2) is 6.73 Å². The summed E-state index contributed by atoms with van der Waals surface area (Å²) in [5.74, 6) is 0.297. The van der Waals surface area contributed by atoms with Crippen molar-refractivity contribution in [3.63, 3.8) is 0 Å². The maximum Gasteiger partial charge on any atom is 0.263 e. The van der Waals surface area contributed by atoms with Crippen molar-refractivity contribution < 1.29 is 14.3 Å². The van der Waals surface area contributed by atoms with E-state index >= 15 is 0 Å². The first-order valence-electron chi connectivity index (χ1n) is 11.6. The molecule has 10 heteroatoms. The normalized spacial score (nSPS) is 19.7. The third kappa shape index (κ3) is 5.91. The van der Waals surface area contributed by atoms with E-state index in [1.54, 1.807) is 6.20 Å². The molecule has 0 unspecified atom stereocenters. The zero-order valence-corrected chi connectivity index (χ0v) is 22.1. The van der Waals surface area contributed by atoms with Crippen molar-refractivity contribution in [1.29, 1.82) is 0 Å². The van der Waals surface area contributed by atoms with Gasteiger partial charge in [-0.2, -0.15) is 4.98 Å². The molecule has 186 valence electrons. The van der Waals surface area contributed by atoms with E-state index in [1.165, 1.54) is 11.3 Å². The third-order valence-corrected chi connectivity index (χ3v) is 6.68. The number of aromatic nitrogens is 2. The molecule has 8 nitrogen and oxygen atoms in total. The molecule has 2 N–H and O–H groups in total. The average molecular weight is 516 g/mol. The van der Waals surface area contributed by atoms with Gasteiger partial charge in [0, 0.05) is 34.8 Å². The molecule has 1 amide bonds. The Morgan fingerprint density at radius 3 is 2.89 bits per heavy atom. The van der Waals surface area contributed by atoms with E-state index < -0.39 is 0 Å². The van der Waals surface area contributed by atoms with Crippen LogP contribution in [0.3, 0.4) is 0 Å². The van der Waals surface area contributed by atoms with E-state index in [0.717, 1.165) is 33.8 Å². The Morgan fingerprint density at radius 2 is 2.14 bits per heavy atom. The van der Waals surface area contributed by atoms with Gasteiger partial charge in [0.1, 0.15) is 4.88 Å². The molecule has 1 aliphatic carbocycles. The molecule has 3 heterocycles. The molecule has 4 rings (SSSR count). The molecule has 1 aliphatic heterocycles. The molecule has 0 spiro atoms. The van der Waals surface area contributed by atoms with Crippen LogP contribution in [0.2, 0.25) is 5.28 Å². The molecular formula is C25H30ClN5O3S. The number of amides is 1. The van der Waals surface area contributed by atoms with Gasteiger partial charge in [-0.3, -0.25) is 4.79 Å². The summed E-state index contributed by atoms with van der Waals surface area (Å²) < 4.78 is 11.8. The number of aliphatic imine (C=N–C) groups is 1. The maximum absolute atomic E-state index is 12.7. The summed E-state index contributed by atoms with van der Waals surface area (Å²) >= 11 is 7.50. The topological polar surface area (TPSA) is 97.7 Å². The van der Waals surface area contributed by atoms with Crippen molar-refractivity contribution in [2.24, 2.45) is 4.99 Å². The number of fused-ring (bicyclic) bond motifs is 3. The number of thiophene rings is 1. The van der Waals surface area contributed by atoms with Gasteiger partial charge in [-0.1, -0.05) is 13.0 Å². The standard InChI is InChI=1S/C25H30ClN5O3S/c1-6-7-16-17(8-9-18-19(16)20-21(35-18)22(32)30-14(2)10-27-20)29-13-33-23-15(11-28-24(26)31-23)12-34-25(3,4)5/h7-9,11,14,27H,6,10,12-13H2,1-5H3,(H,30,32)/b16-7+,29-17-/t14-/m1/s1. The first-order valence-corrected chi connectivity index (χ1v) is 12.8. The summed E-state index contributed by atoms with van der Waals surface area (Å²) in [5.41, 5.74) is 4.03. The molecule has 2 aromatic heterocycles. The molecular weight excluding hydrogens is 486 g/mol. The lowest BCUT2D eigenvalue weighted by molar-refractivity contribution is -0.0161. The minimum atomic E-state index is -0.317. The molecule has 35 heavy (non-hydrogen) atoms. The van der Waals surface area contributed by atoms with Gasteiger partial charge in [-0.05, 0) is 57.9 Å². The summed E-state index contributed by atoms with van der Waals surface area (Å²) in [6, 6.07) is 0.0492. The largest absolute Gasteiger partial charge is 0.454 e. The Kier molecular flexibility index (Phi) is 7.59. The zero-order chi connectivity index (χ0) is 25.2. The fourth-order valence-electron chi connectivity index (χ4n) is 3.73. The quantitative estimate of drug-likeness (QED) is 0.503. The van der Waals surface area contributed by atoms with Gasteiger partial charge in [0.2, 0.25) is 11.2 Å². The van der Waals surface area contributed by atoms with Crippen LogP contribution in [0.15, 0.2) is 23.3 Å². The lowest BCUT2D eigenvalue weighted by Crippen LogP contribution is -2.34. The van der Waals surface area contributed by atoms with Crippen molar-refractivity contribution in [3.8, 4) is 5.88 Å². The van der Waals surface area contributed by atoms with E-state index in [4.69, 9.17) is 26.1 Å². The molecule has 1 atom stereocenters. The van der Waals surface area contributed by atoms with Crippen LogP contribution in [-0.4, -0.2) is 46.5 Å². The molecule has 2 aromatic rings. The first kappa shape index (κ1) is 25.3. The fourth-order valence-corrected chi connectivity index (χ4v) is 4.95. The predicted octanol–water partition coefficient (Wildman–Crippen LogP) is 5.35. The van der Waals surface area contributed by atoms with E-state index in [1.807, 2.05) is 39.8 Å². The highest BCUT2D eigenvalue weighted by atomic mass is 35.5. The molecule has 0 saturated carbocycles. The van der Waals surface area contributed by atoms with Crippen molar-refractivity contribution in [3.05, 3.63) is 44.5 Å². The van der Waals surface area contributed by atoms with Crippen LogP contribution in [0.1, 0.15) is 66.7 Å². The number of ether oxygens (including phenoxy) is 2. The second-order valence-corrected chi connectivity index (χ2v) is 10.7.